The molecule has 1 aliphatic rings. The second-order valence-corrected chi connectivity index (χ2v) is 9.91. The maximum atomic E-state index is 12.8. The molecule has 0 aliphatic carbocycles. The normalized spacial score (nSPS) is 15.3. The van der Waals surface area contributed by atoms with Crippen molar-refractivity contribution < 1.29 is 18.0 Å². The Hall–Kier alpha value is -1.65. The van der Waals surface area contributed by atoms with Crippen LogP contribution in [0.5, 0.6) is 0 Å². The molecule has 2 aromatic rings. The Balaban J connectivity index is 1.51. The molecule has 156 valence electrons. The van der Waals surface area contributed by atoms with E-state index in [-0.39, 0.29) is 65.9 Å². The summed E-state index contributed by atoms with van der Waals surface area (Å²) in [5, 5.41) is 6.65. The third-order valence-electron chi connectivity index (χ3n) is 4.51. The van der Waals surface area contributed by atoms with Gasteiger partial charge in [0.2, 0.25) is 15.9 Å². The Labute approximate surface area is 183 Å². The smallest absolute Gasteiger partial charge is 0.252 e. The lowest BCUT2D eigenvalue weighted by Crippen LogP contribution is -2.50. The van der Waals surface area contributed by atoms with Crippen LogP contribution in [0.1, 0.15) is 16.8 Å². The third-order valence-corrected chi connectivity index (χ3v) is 7.81. The van der Waals surface area contributed by atoms with Gasteiger partial charge in [-0.3, -0.25) is 9.59 Å². The topological polar surface area (TPSA) is 86.8 Å². The zero-order valence-electron chi connectivity index (χ0n) is 15.3. The van der Waals surface area contributed by atoms with Crippen molar-refractivity contribution in [2.24, 2.45) is 0 Å². The van der Waals surface area contributed by atoms with E-state index in [1.54, 1.807) is 16.3 Å². The van der Waals surface area contributed by atoms with Crippen molar-refractivity contribution in [3.05, 3.63) is 50.6 Å². The van der Waals surface area contributed by atoms with Crippen LogP contribution < -0.4 is 5.32 Å². The predicted octanol–water partition coefficient (Wildman–Crippen LogP) is 2.71. The summed E-state index contributed by atoms with van der Waals surface area (Å²) in [5.41, 5.74) is 0.570. The zero-order valence-corrected chi connectivity index (χ0v) is 18.5. The Bertz CT molecular complexity index is 989. The van der Waals surface area contributed by atoms with E-state index in [0.29, 0.717) is 5.56 Å². The molecule has 1 aromatic carbocycles. The molecule has 0 spiro atoms. The summed E-state index contributed by atoms with van der Waals surface area (Å²) < 4.78 is 27.0. The van der Waals surface area contributed by atoms with Gasteiger partial charge in [-0.2, -0.15) is 15.6 Å². The van der Waals surface area contributed by atoms with E-state index in [1.165, 1.54) is 33.8 Å². The average Bonchev–Trinajstić information content (AvgIpc) is 3.24. The maximum absolute atomic E-state index is 12.8. The molecule has 2 amide bonds. The number of thiophene rings is 1. The van der Waals surface area contributed by atoms with Crippen LogP contribution in [0.4, 0.5) is 0 Å². The molecule has 0 bridgehead atoms. The third kappa shape index (κ3) is 5.29. The molecule has 7 nitrogen and oxygen atoms in total. The molecule has 11 heteroatoms. The largest absolute Gasteiger partial charge is 0.351 e. The highest BCUT2D eigenvalue weighted by atomic mass is 35.5. The molecule has 2 heterocycles. The molecular formula is C18H19Cl2N3O4S2. The summed E-state index contributed by atoms with van der Waals surface area (Å²) in [5.74, 6) is -0.346. The van der Waals surface area contributed by atoms with Crippen LogP contribution in [0, 0.1) is 0 Å². The van der Waals surface area contributed by atoms with Crippen LogP contribution in [0.2, 0.25) is 10.0 Å². The number of hydrogen-bond donors (Lipinski definition) is 1. The number of carbonyl (C=O) groups is 2. The zero-order chi connectivity index (χ0) is 21.0. The van der Waals surface area contributed by atoms with Crippen molar-refractivity contribution in [2.75, 3.05) is 32.7 Å². The second-order valence-electron chi connectivity index (χ2n) is 6.38. The molecule has 0 radical (unpaired) electrons. The Morgan fingerprint density at radius 1 is 1.10 bits per heavy atom. The molecule has 1 fully saturated rings. The fourth-order valence-corrected chi connectivity index (χ4v) is 5.72. The van der Waals surface area contributed by atoms with E-state index in [9.17, 15) is 18.0 Å². The van der Waals surface area contributed by atoms with Crippen molar-refractivity contribution in [1.82, 2.24) is 14.5 Å². The average molecular weight is 476 g/mol. The fourth-order valence-electron chi connectivity index (χ4n) is 2.93. The van der Waals surface area contributed by atoms with Gasteiger partial charge in [0.15, 0.2) is 0 Å². The first kappa shape index (κ1) is 22.0. The lowest BCUT2D eigenvalue weighted by molar-refractivity contribution is -0.132. The lowest BCUT2D eigenvalue weighted by Gasteiger charge is -2.34. The molecule has 0 saturated carbocycles. The van der Waals surface area contributed by atoms with Crippen LogP contribution in [0.15, 0.2) is 39.9 Å². The number of hydrogen-bond acceptors (Lipinski definition) is 5. The number of nitrogens with one attached hydrogen (secondary N) is 1. The minimum absolute atomic E-state index is 0.0393. The summed E-state index contributed by atoms with van der Waals surface area (Å²) >= 11 is 13.4. The van der Waals surface area contributed by atoms with Crippen LogP contribution >= 0.6 is 34.5 Å². The van der Waals surface area contributed by atoms with Gasteiger partial charge >= 0.3 is 0 Å². The Kier molecular flexibility index (Phi) is 7.18. The summed E-state index contributed by atoms with van der Waals surface area (Å²) in [7, 11) is -3.79. The summed E-state index contributed by atoms with van der Waals surface area (Å²) in [6.07, 6.45) is 0.156. The van der Waals surface area contributed by atoms with Crippen LogP contribution in [0.3, 0.4) is 0 Å². The number of nitrogens with zero attached hydrogens (tertiary/aromatic N) is 2. The van der Waals surface area contributed by atoms with Crippen molar-refractivity contribution >= 4 is 56.4 Å². The fraction of sp³-hybridized carbons (Fsp3) is 0.333. The Morgan fingerprint density at radius 3 is 2.48 bits per heavy atom. The van der Waals surface area contributed by atoms with Gasteiger partial charge in [0.25, 0.3) is 5.91 Å². The van der Waals surface area contributed by atoms with Crippen molar-refractivity contribution in [2.45, 2.75) is 11.3 Å². The van der Waals surface area contributed by atoms with E-state index in [1.807, 2.05) is 5.38 Å². The number of carbonyl (C=O) groups excluding carboxylic acids is 2. The highest BCUT2D eigenvalue weighted by molar-refractivity contribution is 7.89. The number of benzene rings is 1. The van der Waals surface area contributed by atoms with Crippen molar-refractivity contribution in [1.29, 1.82) is 0 Å². The molecule has 29 heavy (non-hydrogen) atoms. The Morgan fingerprint density at radius 2 is 1.83 bits per heavy atom. The molecular weight excluding hydrogens is 457 g/mol. The SMILES string of the molecule is O=C(NCCC(=O)N1CCN(S(=O)(=O)c2cc(Cl)ccc2Cl)CC1)c1ccsc1. The van der Waals surface area contributed by atoms with Crippen LogP contribution in [0.25, 0.3) is 0 Å². The summed E-state index contributed by atoms with van der Waals surface area (Å²) in [6.45, 7) is 1.10. The van der Waals surface area contributed by atoms with E-state index in [4.69, 9.17) is 23.2 Å². The maximum Gasteiger partial charge on any atom is 0.252 e. The number of rotatable bonds is 6. The van der Waals surface area contributed by atoms with Gasteiger partial charge in [-0.15, -0.1) is 0 Å². The predicted molar refractivity (Wildman–Crippen MR) is 113 cm³/mol. The van der Waals surface area contributed by atoms with E-state index in [0.717, 1.165) is 0 Å². The van der Waals surface area contributed by atoms with Gasteiger partial charge in [-0.25, -0.2) is 8.42 Å². The highest BCUT2D eigenvalue weighted by Gasteiger charge is 2.31. The first-order chi connectivity index (χ1) is 13.8. The van der Waals surface area contributed by atoms with Gasteiger partial charge in [-0.1, -0.05) is 23.2 Å². The summed E-state index contributed by atoms with van der Waals surface area (Å²) in [6, 6.07) is 6.01. The van der Waals surface area contributed by atoms with Gasteiger partial charge in [0.05, 0.1) is 5.02 Å². The quantitative estimate of drug-likeness (QED) is 0.695. The van der Waals surface area contributed by atoms with Gasteiger partial charge in [-0.05, 0) is 29.6 Å². The molecule has 1 aliphatic heterocycles. The first-order valence-corrected chi connectivity index (χ1v) is 12.0. The lowest BCUT2D eigenvalue weighted by atomic mass is 10.3. The number of piperazine rings is 1. The minimum atomic E-state index is -3.79. The minimum Gasteiger partial charge on any atom is -0.351 e. The number of amides is 2. The highest BCUT2D eigenvalue weighted by Crippen LogP contribution is 2.28. The molecule has 0 atom stereocenters. The molecule has 1 N–H and O–H groups in total. The first-order valence-electron chi connectivity index (χ1n) is 8.82. The number of sulfonamides is 1. The molecule has 3 rings (SSSR count). The summed E-state index contributed by atoms with van der Waals surface area (Å²) in [4.78, 5) is 25.8. The monoisotopic (exact) mass is 475 g/mol. The van der Waals surface area contributed by atoms with E-state index >= 15 is 0 Å². The number of halogens is 2. The van der Waals surface area contributed by atoms with Gasteiger partial charge < -0.3 is 10.2 Å². The van der Waals surface area contributed by atoms with Crippen molar-refractivity contribution in [3.8, 4) is 0 Å². The molecule has 1 aromatic heterocycles. The molecule has 1 saturated heterocycles. The molecule has 0 unspecified atom stereocenters. The van der Waals surface area contributed by atoms with Gasteiger partial charge in [0.1, 0.15) is 4.90 Å². The van der Waals surface area contributed by atoms with Gasteiger partial charge in [0, 0.05) is 55.1 Å². The van der Waals surface area contributed by atoms with Crippen LogP contribution in [-0.2, 0) is 14.8 Å². The van der Waals surface area contributed by atoms with E-state index < -0.39 is 10.0 Å². The second kappa shape index (κ2) is 9.44. The standard InChI is InChI=1S/C18H19Cl2N3O4S2/c19-14-1-2-15(20)16(11-14)29(26,27)23-8-6-22(7-9-23)17(24)3-5-21-18(25)13-4-10-28-12-13/h1-2,4,10-12H,3,5-9H2,(H,21,25). The van der Waals surface area contributed by atoms with Crippen molar-refractivity contribution in [3.63, 3.8) is 0 Å². The van der Waals surface area contributed by atoms with E-state index in [2.05, 4.69) is 5.32 Å². The van der Waals surface area contributed by atoms with Crippen LogP contribution in [-0.4, -0.2) is 62.2 Å².